The average Bonchev–Trinajstić information content (AvgIpc) is 3.30. The van der Waals surface area contributed by atoms with Gasteiger partial charge in [-0.15, -0.1) is 0 Å². The molecule has 0 saturated carbocycles. The minimum absolute atomic E-state index is 0.169. The number of amides is 3. The van der Waals surface area contributed by atoms with Gasteiger partial charge in [-0.25, -0.2) is 13.6 Å². The number of hydrogen-bond acceptors (Lipinski definition) is 4. The van der Waals surface area contributed by atoms with E-state index in [1.165, 1.54) is 17.9 Å². The Morgan fingerprint density at radius 2 is 1.65 bits per heavy atom. The maximum Gasteiger partial charge on any atom is 0.407 e. The molecule has 0 radical (unpaired) electrons. The first-order valence-electron chi connectivity index (χ1n) is 12.7. The first-order valence-corrected chi connectivity index (χ1v) is 12.7. The minimum Gasteiger partial charge on any atom is -0.450 e. The molecule has 4 rings (SSSR count). The molecule has 2 aromatic carbocycles. The number of carbonyl (C=O) groups excluding carboxylic acids is 3. The van der Waals surface area contributed by atoms with Crippen LogP contribution in [0.5, 0.6) is 0 Å². The number of benzene rings is 2. The van der Waals surface area contributed by atoms with Crippen molar-refractivity contribution in [1.82, 2.24) is 15.1 Å². The third-order valence-electron chi connectivity index (χ3n) is 7.51. The second-order valence-corrected chi connectivity index (χ2v) is 9.96. The van der Waals surface area contributed by atoms with Gasteiger partial charge in [0.1, 0.15) is 23.2 Å². The number of hydrogen-bond donors (Lipinski definition) is 1. The monoisotopic (exact) mass is 513 g/mol. The molecule has 0 aliphatic carbocycles. The lowest BCUT2D eigenvalue weighted by Gasteiger charge is -2.39. The number of likely N-dealkylation sites (tertiary alicyclic amines) is 2. The summed E-state index contributed by atoms with van der Waals surface area (Å²) in [5.41, 5.74) is 0.476. The summed E-state index contributed by atoms with van der Waals surface area (Å²) in [4.78, 5) is 41.8. The van der Waals surface area contributed by atoms with E-state index in [4.69, 9.17) is 4.74 Å². The zero-order valence-corrected chi connectivity index (χ0v) is 21.3. The van der Waals surface area contributed by atoms with Gasteiger partial charge >= 0.3 is 6.09 Å². The zero-order chi connectivity index (χ0) is 26.6. The number of nitrogens with zero attached hydrogens (tertiary/aromatic N) is 2. The standard InChI is InChI=1S/C28H33F2N3O4/c1-3-37-27(36)31-22(17-20-7-5-4-6-8-20)25(34)33-16-13-28(18-33)11-14-32(15-12-28)26(35)23-21(29)10-9-19(2)24(23)30/h4-10,22H,3,11-18H2,1-2H3,(H,31,36). The highest BCUT2D eigenvalue weighted by Gasteiger charge is 2.44. The molecule has 2 heterocycles. The second-order valence-electron chi connectivity index (χ2n) is 9.96. The van der Waals surface area contributed by atoms with Crippen LogP contribution in [-0.2, 0) is 16.0 Å². The van der Waals surface area contributed by atoms with Crippen LogP contribution < -0.4 is 5.32 Å². The summed E-state index contributed by atoms with van der Waals surface area (Å²) in [6.07, 6.45) is 1.75. The Bertz CT molecular complexity index is 1150. The third kappa shape index (κ3) is 5.92. The summed E-state index contributed by atoms with van der Waals surface area (Å²) in [5.74, 6) is -2.48. The van der Waals surface area contributed by atoms with Crippen molar-refractivity contribution < 1.29 is 27.9 Å². The van der Waals surface area contributed by atoms with E-state index in [9.17, 15) is 23.2 Å². The highest BCUT2D eigenvalue weighted by molar-refractivity contribution is 5.95. The summed E-state index contributed by atoms with van der Waals surface area (Å²) in [7, 11) is 0. The summed E-state index contributed by atoms with van der Waals surface area (Å²) >= 11 is 0. The molecule has 7 nitrogen and oxygen atoms in total. The fraction of sp³-hybridized carbons (Fsp3) is 0.464. The molecular weight excluding hydrogens is 480 g/mol. The lowest BCUT2D eigenvalue weighted by Crippen LogP contribution is -2.50. The molecule has 1 unspecified atom stereocenters. The molecule has 2 aliphatic heterocycles. The lowest BCUT2D eigenvalue weighted by atomic mass is 9.77. The van der Waals surface area contributed by atoms with Gasteiger partial charge in [-0.2, -0.15) is 0 Å². The summed E-state index contributed by atoms with van der Waals surface area (Å²) in [5, 5.41) is 2.71. The fourth-order valence-electron chi connectivity index (χ4n) is 5.31. The molecule has 1 N–H and O–H groups in total. The SMILES string of the molecule is CCOC(=O)NC(Cc1ccccc1)C(=O)N1CCC2(CCN(C(=O)c3c(F)ccc(C)c3F)CC2)C1. The van der Waals surface area contributed by atoms with E-state index in [0.29, 0.717) is 45.4 Å². The van der Waals surface area contributed by atoms with Gasteiger partial charge in [0.15, 0.2) is 0 Å². The Morgan fingerprint density at radius 3 is 2.30 bits per heavy atom. The van der Waals surface area contributed by atoms with E-state index >= 15 is 0 Å². The zero-order valence-electron chi connectivity index (χ0n) is 21.3. The lowest BCUT2D eigenvalue weighted by molar-refractivity contribution is -0.132. The third-order valence-corrected chi connectivity index (χ3v) is 7.51. The number of rotatable bonds is 6. The topological polar surface area (TPSA) is 79.0 Å². The molecule has 1 atom stereocenters. The maximum absolute atomic E-state index is 14.5. The van der Waals surface area contributed by atoms with Crippen LogP contribution in [0.15, 0.2) is 42.5 Å². The van der Waals surface area contributed by atoms with Crippen LogP contribution in [0.1, 0.15) is 47.7 Å². The molecule has 37 heavy (non-hydrogen) atoms. The fourth-order valence-corrected chi connectivity index (χ4v) is 5.31. The molecular formula is C28H33F2N3O4. The van der Waals surface area contributed by atoms with Crippen molar-refractivity contribution in [3.8, 4) is 0 Å². The first kappa shape index (κ1) is 26.6. The van der Waals surface area contributed by atoms with Gasteiger partial charge in [-0.1, -0.05) is 36.4 Å². The summed E-state index contributed by atoms with van der Waals surface area (Å²) in [6, 6.07) is 11.2. The number of halogens is 2. The Morgan fingerprint density at radius 1 is 1.00 bits per heavy atom. The van der Waals surface area contributed by atoms with Crippen molar-refractivity contribution in [2.24, 2.45) is 5.41 Å². The maximum atomic E-state index is 14.5. The van der Waals surface area contributed by atoms with Crippen LogP contribution in [0, 0.1) is 24.0 Å². The smallest absolute Gasteiger partial charge is 0.407 e. The minimum atomic E-state index is -0.857. The molecule has 2 aromatic rings. The highest BCUT2D eigenvalue weighted by atomic mass is 19.1. The van der Waals surface area contributed by atoms with E-state index in [0.717, 1.165) is 18.1 Å². The number of aryl methyl sites for hydroxylation is 1. The summed E-state index contributed by atoms with van der Waals surface area (Å²) < 4.78 is 33.8. The van der Waals surface area contributed by atoms with Crippen molar-refractivity contribution in [3.63, 3.8) is 0 Å². The predicted molar refractivity (Wildman–Crippen MR) is 134 cm³/mol. The van der Waals surface area contributed by atoms with Crippen LogP contribution in [0.2, 0.25) is 0 Å². The van der Waals surface area contributed by atoms with Crippen LogP contribution in [0.3, 0.4) is 0 Å². The van der Waals surface area contributed by atoms with Gasteiger partial charge < -0.3 is 19.9 Å². The molecule has 2 saturated heterocycles. The van der Waals surface area contributed by atoms with E-state index in [1.807, 2.05) is 30.3 Å². The van der Waals surface area contributed by atoms with Gasteiger partial charge in [-0.05, 0) is 55.7 Å². The number of ether oxygens (including phenoxy) is 1. The molecule has 9 heteroatoms. The number of carbonyl (C=O) groups is 3. The second kappa shape index (κ2) is 11.3. The van der Waals surface area contributed by atoms with Gasteiger partial charge in [0.2, 0.25) is 5.91 Å². The molecule has 0 aromatic heterocycles. The van der Waals surface area contributed by atoms with E-state index in [2.05, 4.69) is 5.32 Å². The number of alkyl carbamates (subject to hydrolysis) is 1. The normalized spacial score (nSPS) is 17.5. The van der Waals surface area contributed by atoms with Crippen molar-refractivity contribution >= 4 is 17.9 Å². The van der Waals surface area contributed by atoms with Crippen molar-refractivity contribution in [2.45, 2.75) is 45.6 Å². The van der Waals surface area contributed by atoms with E-state index in [1.54, 1.807) is 11.8 Å². The Labute approximate surface area is 215 Å². The van der Waals surface area contributed by atoms with Gasteiger partial charge in [0.25, 0.3) is 5.91 Å². The van der Waals surface area contributed by atoms with Gasteiger partial charge in [-0.3, -0.25) is 9.59 Å². The predicted octanol–water partition coefficient (Wildman–Crippen LogP) is 4.09. The van der Waals surface area contributed by atoms with Crippen molar-refractivity contribution in [1.29, 1.82) is 0 Å². The van der Waals surface area contributed by atoms with Crippen LogP contribution >= 0.6 is 0 Å². The van der Waals surface area contributed by atoms with Gasteiger partial charge in [0.05, 0.1) is 6.61 Å². The molecule has 3 amide bonds. The van der Waals surface area contributed by atoms with Crippen molar-refractivity contribution in [2.75, 3.05) is 32.8 Å². The van der Waals surface area contributed by atoms with Crippen LogP contribution in [0.25, 0.3) is 0 Å². The molecule has 198 valence electrons. The van der Waals surface area contributed by atoms with Gasteiger partial charge in [0, 0.05) is 32.6 Å². The van der Waals surface area contributed by atoms with E-state index < -0.39 is 35.2 Å². The Kier molecular flexibility index (Phi) is 8.10. The quantitative estimate of drug-likeness (QED) is 0.631. The molecule has 1 spiro atoms. The van der Waals surface area contributed by atoms with E-state index in [-0.39, 0.29) is 23.5 Å². The molecule has 2 aliphatic rings. The Hall–Kier alpha value is -3.49. The largest absolute Gasteiger partial charge is 0.450 e. The first-order chi connectivity index (χ1) is 17.7. The molecule has 2 fully saturated rings. The van der Waals surface area contributed by atoms with Crippen molar-refractivity contribution in [3.05, 3.63) is 70.8 Å². The number of piperidine rings is 1. The average molecular weight is 514 g/mol. The Balaban J connectivity index is 1.40. The highest BCUT2D eigenvalue weighted by Crippen LogP contribution is 2.41. The number of nitrogens with one attached hydrogen (secondary N) is 1. The summed E-state index contributed by atoms with van der Waals surface area (Å²) in [6.45, 7) is 5.20. The van der Waals surface area contributed by atoms with Crippen LogP contribution in [0.4, 0.5) is 13.6 Å². The van der Waals surface area contributed by atoms with Crippen LogP contribution in [-0.4, -0.2) is 66.5 Å². The molecule has 0 bridgehead atoms.